The van der Waals surface area contributed by atoms with E-state index in [-0.39, 0.29) is 6.61 Å². The molecule has 0 spiro atoms. The summed E-state index contributed by atoms with van der Waals surface area (Å²) in [7, 11) is 0. The lowest BCUT2D eigenvalue weighted by Crippen LogP contribution is -2.16. The predicted octanol–water partition coefficient (Wildman–Crippen LogP) is 1.10. The van der Waals surface area contributed by atoms with Gasteiger partial charge in [-0.2, -0.15) is 0 Å². The molecule has 1 N–H and O–H groups in total. The molecule has 14 heavy (non-hydrogen) atoms. The Bertz CT molecular complexity index is 308. The predicted molar refractivity (Wildman–Crippen MR) is 53.1 cm³/mol. The van der Waals surface area contributed by atoms with Crippen LogP contribution in [-0.4, -0.2) is 26.5 Å². The summed E-state index contributed by atoms with van der Waals surface area (Å²) in [6.07, 6.45) is 4.07. The number of aromatic nitrogens is 3. The summed E-state index contributed by atoms with van der Waals surface area (Å²) in [5.41, 5.74) is 0. The average molecular weight is 195 g/mol. The summed E-state index contributed by atoms with van der Waals surface area (Å²) < 4.78 is 2.23. The number of aryl methyl sites for hydroxylation is 1. The summed E-state index contributed by atoms with van der Waals surface area (Å²) in [6.45, 7) is 3.49. The molecule has 0 radical (unpaired) electrons. The molecule has 1 aliphatic rings. The highest BCUT2D eigenvalue weighted by molar-refractivity contribution is 5.03. The van der Waals surface area contributed by atoms with Crippen LogP contribution < -0.4 is 0 Å². The van der Waals surface area contributed by atoms with Crippen LogP contribution in [0.5, 0.6) is 0 Å². The highest BCUT2D eigenvalue weighted by atomic mass is 16.2. The normalized spacial score (nSPS) is 20.9. The maximum atomic E-state index is 8.76. The van der Waals surface area contributed by atoms with Crippen LogP contribution >= 0.6 is 0 Å². The minimum atomic E-state index is 0.234. The minimum absolute atomic E-state index is 0.234. The van der Waals surface area contributed by atoms with Crippen LogP contribution in [0.25, 0.3) is 0 Å². The van der Waals surface area contributed by atoms with Crippen LogP contribution in [0, 0.1) is 0 Å². The molecule has 0 bridgehead atoms. The van der Waals surface area contributed by atoms with Crippen LogP contribution in [0.1, 0.15) is 43.8 Å². The molecule has 1 aromatic heterocycles. The standard InChI is InChI=1S/C10H17N3O/c1-8-4-2-6-13-9(5-3-7-14)11-12-10(8)13/h8,14H,2-7H2,1H3. The Kier molecular flexibility index (Phi) is 2.82. The molecule has 1 aromatic rings. The molecule has 2 rings (SSSR count). The van der Waals surface area contributed by atoms with E-state index < -0.39 is 0 Å². The van der Waals surface area contributed by atoms with Gasteiger partial charge in [-0.25, -0.2) is 0 Å². The lowest BCUT2D eigenvalue weighted by atomic mass is 10.0. The first-order valence-electron chi connectivity index (χ1n) is 5.35. The molecule has 0 aromatic carbocycles. The van der Waals surface area contributed by atoms with Gasteiger partial charge in [-0.1, -0.05) is 6.92 Å². The summed E-state index contributed by atoms with van der Waals surface area (Å²) in [5, 5.41) is 17.2. The van der Waals surface area contributed by atoms with Crippen molar-refractivity contribution in [1.82, 2.24) is 14.8 Å². The minimum Gasteiger partial charge on any atom is -0.396 e. The van der Waals surface area contributed by atoms with Gasteiger partial charge in [0.15, 0.2) is 0 Å². The van der Waals surface area contributed by atoms with Crippen LogP contribution in [0.4, 0.5) is 0 Å². The van der Waals surface area contributed by atoms with Crippen LogP contribution in [0.3, 0.4) is 0 Å². The number of aliphatic hydroxyl groups excluding tert-OH is 1. The summed E-state index contributed by atoms with van der Waals surface area (Å²) in [4.78, 5) is 0. The first-order valence-corrected chi connectivity index (χ1v) is 5.35. The molecule has 1 unspecified atom stereocenters. The van der Waals surface area contributed by atoms with Gasteiger partial charge in [-0.3, -0.25) is 0 Å². The zero-order chi connectivity index (χ0) is 9.97. The second kappa shape index (κ2) is 4.09. The van der Waals surface area contributed by atoms with Crippen molar-refractivity contribution >= 4 is 0 Å². The molecule has 0 saturated heterocycles. The van der Waals surface area contributed by atoms with Gasteiger partial charge in [0.05, 0.1) is 0 Å². The number of fused-ring (bicyclic) bond motifs is 1. The maximum absolute atomic E-state index is 8.76. The van der Waals surface area contributed by atoms with Crippen LogP contribution in [-0.2, 0) is 13.0 Å². The molecule has 2 heterocycles. The zero-order valence-corrected chi connectivity index (χ0v) is 8.61. The first kappa shape index (κ1) is 9.65. The Hall–Kier alpha value is -0.900. The first-order chi connectivity index (χ1) is 6.83. The maximum Gasteiger partial charge on any atom is 0.135 e. The highest BCUT2D eigenvalue weighted by Gasteiger charge is 2.21. The second-order valence-electron chi connectivity index (χ2n) is 4.00. The lowest BCUT2D eigenvalue weighted by molar-refractivity contribution is 0.286. The molecule has 4 heteroatoms. The van der Waals surface area contributed by atoms with Gasteiger partial charge in [0.25, 0.3) is 0 Å². The largest absolute Gasteiger partial charge is 0.396 e. The third-order valence-corrected chi connectivity index (χ3v) is 2.87. The molecule has 0 saturated carbocycles. The molecule has 0 fully saturated rings. The lowest BCUT2D eigenvalue weighted by Gasteiger charge is -2.20. The molecule has 78 valence electrons. The molecule has 0 aliphatic carbocycles. The van der Waals surface area contributed by atoms with Crippen molar-refractivity contribution in [2.75, 3.05) is 6.61 Å². The third-order valence-electron chi connectivity index (χ3n) is 2.87. The van der Waals surface area contributed by atoms with E-state index >= 15 is 0 Å². The van der Waals surface area contributed by atoms with Crippen LogP contribution in [0.2, 0.25) is 0 Å². The van der Waals surface area contributed by atoms with E-state index in [0.717, 1.165) is 31.0 Å². The van der Waals surface area contributed by atoms with Gasteiger partial charge in [0, 0.05) is 25.5 Å². The fourth-order valence-corrected chi connectivity index (χ4v) is 2.06. The monoisotopic (exact) mass is 195 g/mol. The number of aliphatic hydroxyl groups is 1. The van der Waals surface area contributed by atoms with Gasteiger partial charge in [0.1, 0.15) is 11.6 Å². The number of nitrogens with zero attached hydrogens (tertiary/aromatic N) is 3. The van der Waals surface area contributed by atoms with E-state index in [9.17, 15) is 0 Å². The SMILES string of the molecule is CC1CCCn2c(CCCO)nnc21. The molecule has 1 aliphatic heterocycles. The Morgan fingerprint density at radius 1 is 1.50 bits per heavy atom. The quantitative estimate of drug-likeness (QED) is 0.785. The van der Waals surface area contributed by atoms with Crippen molar-refractivity contribution in [2.24, 2.45) is 0 Å². The van der Waals surface area contributed by atoms with Gasteiger partial charge < -0.3 is 9.67 Å². The Morgan fingerprint density at radius 3 is 3.14 bits per heavy atom. The highest BCUT2D eigenvalue weighted by Crippen LogP contribution is 2.25. The Morgan fingerprint density at radius 2 is 2.36 bits per heavy atom. The van der Waals surface area contributed by atoms with E-state index in [1.807, 2.05) is 0 Å². The summed E-state index contributed by atoms with van der Waals surface area (Å²) >= 11 is 0. The average Bonchev–Trinajstić information content (AvgIpc) is 2.60. The molecule has 4 nitrogen and oxygen atoms in total. The molecule has 0 amide bonds. The molecular formula is C10H17N3O. The third kappa shape index (κ3) is 1.66. The Labute approximate surface area is 84.0 Å². The number of hydrogen-bond acceptors (Lipinski definition) is 3. The number of rotatable bonds is 3. The fraction of sp³-hybridized carbons (Fsp3) is 0.800. The summed E-state index contributed by atoms with van der Waals surface area (Å²) in [5.74, 6) is 2.71. The van der Waals surface area contributed by atoms with Crippen molar-refractivity contribution < 1.29 is 5.11 Å². The summed E-state index contributed by atoms with van der Waals surface area (Å²) in [6, 6.07) is 0. The van der Waals surface area contributed by atoms with E-state index in [4.69, 9.17) is 5.11 Å². The second-order valence-corrected chi connectivity index (χ2v) is 4.00. The van der Waals surface area contributed by atoms with Gasteiger partial charge in [-0.05, 0) is 19.3 Å². The van der Waals surface area contributed by atoms with Crippen molar-refractivity contribution in [3.63, 3.8) is 0 Å². The molecule has 1 atom stereocenters. The Balaban J connectivity index is 2.18. The van der Waals surface area contributed by atoms with E-state index in [1.54, 1.807) is 0 Å². The van der Waals surface area contributed by atoms with Gasteiger partial charge >= 0.3 is 0 Å². The van der Waals surface area contributed by atoms with Crippen LogP contribution in [0.15, 0.2) is 0 Å². The topological polar surface area (TPSA) is 50.9 Å². The van der Waals surface area contributed by atoms with Crippen molar-refractivity contribution in [3.05, 3.63) is 11.6 Å². The van der Waals surface area contributed by atoms with Gasteiger partial charge in [-0.15, -0.1) is 10.2 Å². The fourth-order valence-electron chi connectivity index (χ4n) is 2.06. The van der Waals surface area contributed by atoms with Gasteiger partial charge in [0.2, 0.25) is 0 Å². The smallest absolute Gasteiger partial charge is 0.135 e. The van der Waals surface area contributed by atoms with Crippen molar-refractivity contribution in [3.8, 4) is 0 Å². The van der Waals surface area contributed by atoms with Crippen molar-refractivity contribution in [1.29, 1.82) is 0 Å². The van der Waals surface area contributed by atoms with E-state index in [2.05, 4.69) is 21.7 Å². The number of hydrogen-bond donors (Lipinski definition) is 1. The van der Waals surface area contributed by atoms with E-state index in [1.165, 1.54) is 12.8 Å². The molecular weight excluding hydrogens is 178 g/mol. The van der Waals surface area contributed by atoms with Crippen molar-refractivity contribution in [2.45, 2.75) is 45.1 Å². The van der Waals surface area contributed by atoms with E-state index in [0.29, 0.717) is 5.92 Å². The zero-order valence-electron chi connectivity index (χ0n) is 8.61.